The molecule has 0 aliphatic carbocycles. The minimum Gasteiger partial charge on any atom is -0.451 e. The number of ether oxygens (including phenoxy) is 1. The minimum absolute atomic E-state index is 0.221. The zero-order valence-electron chi connectivity index (χ0n) is 12.1. The number of nitrogens with zero attached hydrogens (tertiary/aromatic N) is 2. The lowest BCUT2D eigenvalue weighted by molar-refractivity contribution is -0.133. The molecule has 1 amide bonds. The number of thiophene rings is 1. The first kappa shape index (κ1) is 17.5. The summed E-state index contributed by atoms with van der Waals surface area (Å²) in [6, 6.07) is 7.07. The number of hydrogen-bond acceptors (Lipinski definition) is 5. The van der Waals surface area contributed by atoms with Crippen LogP contribution in [-0.4, -0.2) is 37.0 Å². The number of halogens is 2. The standard InChI is InChI=1S/C15H12Cl2N2O3S/c1-19(6-2-5-18)12(20)8-22-15(21)14-13(17)10-4-3-9(16)7-11(10)23-14/h3-4,7H,2,6,8H2,1H3. The number of nitriles is 1. The van der Waals surface area contributed by atoms with Gasteiger partial charge in [-0.1, -0.05) is 29.3 Å². The van der Waals surface area contributed by atoms with E-state index < -0.39 is 12.6 Å². The third-order valence-electron chi connectivity index (χ3n) is 3.09. The average molecular weight is 371 g/mol. The molecule has 0 aliphatic rings. The van der Waals surface area contributed by atoms with Crippen LogP contribution in [0.3, 0.4) is 0 Å². The monoisotopic (exact) mass is 370 g/mol. The molecule has 2 aromatic rings. The van der Waals surface area contributed by atoms with Crippen LogP contribution in [0.5, 0.6) is 0 Å². The summed E-state index contributed by atoms with van der Waals surface area (Å²) < 4.78 is 5.78. The highest BCUT2D eigenvalue weighted by atomic mass is 35.5. The van der Waals surface area contributed by atoms with Gasteiger partial charge >= 0.3 is 5.97 Å². The molecular formula is C15H12Cl2N2O3S. The summed E-state index contributed by atoms with van der Waals surface area (Å²) in [7, 11) is 1.54. The Morgan fingerprint density at radius 2 is 2.13 bits per heavy atom. The normalized spacial score (nSPS) is 10.3. The fourth-order valence-corrected chi connectivity index (χ4v) is 3.49. The fourth-order valence-electron chi connectivity index (χ4n) is 1.82. The second kappa shape index (κ2) is 7.64. The molecule has 1 aromatic carbocycles. The SMILES string of the molecule is CN(CCC#N)C(=O)COC(=O)c1sc2cc(Cl)ccc2c1Cl. The molecule has 5 nitrogen and oxygen atoms in total. The zero-order chi connectivity index (χ0) is 17.0. The number of amides is 1. The summed E-state index contributed by atoms with van der Waals surface area (Å²) in [6.45, 7) is -0.110. The Morgan fingerprint density at radius 1 is 1.39 bits per heavy atom. The maximum atomic E-state index is 12.1. The van der Waals surface area contributed by atoms with Gasteiger partial charge in [-0.15, -0.1) is 11.3 Å². The van der Waals surface area contributed by atoms with E-state index in [1.807, 2.05) is 6.07 Å². The van der Waals surface area contributed by atoms with Crippen LogP contribution in [0.2, 0.25) is 10.0 Å². The van der Waals surface area contributed by atoms with Crippen LogP contribution in [-0.2, 0) is 9.53 Å². The van der Waals surface area contributed by atoms with Crippen molar-refractivity contribution in [3.05, 3.63) is 33.1 Å². The lowest BCUT2D eigenvalue weighted by atomic mass is 10.2. The molecule has 2 rings (SSSR count). The van der Waals surface area contributed by atoms with Crippen molar-refractivity contribution < 1.29 is 14.3 Å². The van der Waals surface area contributed by atoms with E-state index in [0.717, 1.165) is 16.0 Å². The lowest BCUT2D eigenvalue weighted by Gasteiger charge is -2.14. The molecule has 0 saturated carbocycles. The Balaban J connectivity index is 2.05. The molecule has 8 heteroatoms. The molecule has 0 atom stereocenters. The number of likely N-dealkylation sites (N-methyl/N-ethyl adjacent to an activating group) is 1. The fraction of sp³-hybridized carbons (Fsp3) is 0.267. The van der Waals surface area contributed by atoms with Crippen molar-refractivity contribution in [3.63, 3.8) is 0 Å². The Hall–Kier alpha value is -1.81. The number of hydrogen-bond donors (Lipinski definition) is 0. The highest BCUT2D eigenvalue weighted by molar-refractivity contribution is 7.21. The Bertz CT molecular complexity index is 798. The van der Waals surface area contributed by atoms with Crippen LogP contribution in [0.4, 0.5) is 0 Å². The summed E-state index contributed by atoms with van der Waals surface area (Å²) in [5, 5.41) is 10.0. The molecule has 0 aliphatic heterocycles. The van der Waals surface area contributed by atoms with E-state index in [-0.39, 0.29) is 28.8 Å². The van der Waals surface area contributed by atoms with E-state index in [2.05, 4.69) is 0 Å². The van der Waals surface area contributed by atoms with Gasteiger partial charge in [0.1, 0.15) is 4.88 Å². The Labute approximate surface area is 147 Å². The number of carbonyl (C=O) groups excluding carboxylic acids is 2. The Morgan fingerprint density at radius 3 is 2.83 bits per heavy atom. The van der Waals surface area contributed by atoms with Crippen molar-refractivity contribution in [2.45, 2.75) is 6.42 Å². The molecule has 0 N–H and O–H groups in total. The Kier molecular flexibility index (Phi) is 5.83. The first-order valence-electron chi connectivity index (χ1n) is 6.59. The van der Waals surface area contributed by atoms with Gasteiger partial charge in [0.05, 0.1) is 17.5 Å². The third-order valence-corrected chi connectivity index (χ3v) is 4.96. The number of benzene rings is 1. The first-order valence-corrected chi connectivity index (χ1v) is 8.17. The van der Waals surface area contributed by atoms with E-state index in [4.69, 9.17) is 33.2 Å². The van der Waals surface area contributed by atoms with Crippen LogP contribution < -0.4 is 0 Å². The molecule has 0 bridgehead atoms. The minimum atomic E-state index is -0.658. The molecule has 0 radical (unpaired) electrons. The zero-order valence-corrected chi connectivity index (χ0v) is 14.5. The van der Waals surface area contributed by atoms with Gasteiger partial charge in [-0.05, 0) is 12.1 Å². The summed E-state index contributed by atoms with van der Waals surface area (Å²) in [5.74, 6) is -1.04. The molecule has 1 heterocycles. The van der Waals surface area contributed by atoms with Crippen molar-refractivity contribution in [2.24, 2.45) is 0 Å². The van der Waals surface area contributed by atoms with Crippen molar-refractivity contribution in [1.29, 1.82) is 5.26 Å². The molecule has 0 saturated heterocycles. The van der Waals surface area contributed by atoms with Gasteiger partial charge in [0.15, 0.2) is 6.61 Å². The van der Waals surface area contributed by atoms with Crippen LogP contribution >= 0.6 is 34.5 Å². The van der Waals surface area contributed by atoms with Crippen molar-refractivity contribution in [3.8, 4) is 6.07 Å². The van der Waals surface area contributed by atoms with Gasteiger partial charge in [0, 0.05) is 28.7 Å². The second-order valence-corrected chi connectivity index (χ2v) is 6.55. The molecule has 0 spiro atoms. The van der Waals surface area contributed by atoms with E-state index in [9.17, 15) is 9.59 Å². The molecular weight excluding hydrogens is 359 g/mol. The maximum Gasteiger partial charge on any atom is 0.350 e. The van der Waals surface area contributed by atoms with Crippen LogP contribution in [0.1, 0.15) is 16.1 Å². The van der Waals surface area contributed by atoms with Gasteiger partial charge in [0.25, 0.3) is 5.91 Å². The number of rotatable bonds is 5. The number of fused-ring (bicyclic) bond motifs is 1. The van der Waals surface area contributed by atoms with Gasteiger partial charge in [-0.25, -0.2) is 4.79 Å². The van der Waals surface area contributed by atoms with Gasteiger partial charge in [-0.2, -0.15) is 5.26 Å². The average Bonchev–Trinajstić information content (AvgIpc) is 2.86. The summed E-state index contributed by atoms with van der Waals surface area (Å²) >= 11 is 13.3. The van der Waals surface area contributed by atoms with Crippen molar-refractivity contribution >= 4 is 56.5 Å². The highest BCUT2D eigenvalue weighted by Crippen LogP contribution is 2.37. The largest absolute Gasteiger partial charge is 0.451 e. The summed E-state index contributed by atoms with van der Waals surface area (Å²) in [4.78, 5) is 25.5. The molecule has 0 fully saturated rings. The quantitative estimate of drug-likeness (QED) is 0.751. The summed E-state index contributed by atoms with van der Waals surface area (Å²) in [6.07, 6.45) is 0.221. The van der Waals surface area contributed by atoms with E-state index in [1.165, 1.54) is 4.90 Å². The predicted molar refractivity (Wildman–Crippen MR) is 90.0 cm³/mol. The van der Waals surface area contributed by atoms with Crippen LogP contribution in [0, 0.1) is 11.3 Å². The van der Waals surface area contributed by atoms with Crippen LogP contribution in [0.25, 0.3) is 10.1 Å². The van der Waals surface area contributed by atoms with Gasteiger partial charge in [0.2, 0.25) is 0 Å². The van der Waals surface area contributed by atoms with E-state index >= 15 is 0 Å². The highest BCUT2D eigenvalue weighted by Gasteiger charge is 2.20. The third kappa shape index (κ3) is 4.14. The van der Waals surface area contributed by atoms with E-state index in [0.29, 0.717) is 10.4 Å². The van der Waals surface area contributed by atoms with Crippen molar-refractivity contribution in [2.75, 3.05) is 20.2 Å². The molecule has 23 heavy (non-hydrogen) atoms. The molecule has 120 valence electrons. The smallest absolute Gasteiger partial charge is 0.350 e. The summed E-state index contributed by atoms with van der Waals surface area (Å²) in [5.41, 5.74) is 0. The maximum absolute atomic E-state index is 12.1. The number of carbonyl (C=O) groups is 2. The predicted octanol–water partition coefficient (Wildman–Crippen LogP) is 3.74. The second-order valence-electron chi connectivity index (χ2n) is 4.69. The lowest BCUT2D eigenvalue weighted by Crippen LogP contribution is -2.31. The van der Waals surface area contributed by atoms with Gasteiger partial charge in [-0.3, -0.25) is 4.79 Å². The molecule has 0 unspecified atom stereocenters. The topological polar surface area (TPSA) is 70.4 Å². The van der Waals surface area contributed by atoms with Crippen LogP contribution in [0.15, 0.2) is 18.2 Å². The molecule has 1 aromatic heterocycles. The first-order chi connectivity index (χ1) is 10.9. The number of esters is 1. The van der Waals surface area contributed by atoms with Gasteiger partial charge < -0.3 is 9.64 Å². The van der Waals surface area contributed by atoms with Crippen molar-refractivity contribution in [1.82, 2.24) is 4.90 Å². The van der Waals surface area contributed by atoms with E-state index in [1.54, 1.807) is 25.2 Å².